The summed E-state index contributed by atoms with van der Waals surface area (Å²) in [7, 11) is 0. The second kappa shape index (κ2) is 6.45. The lowest BCUT2D eigenvalue weighted by Crippen LogP contribution is -2.32. The minimum Gasteiger partial charge on any atom is -0.476 e. The van der Waals surface area contributed by atoms with E-state index in [2.05, 4.69) is 22.2 Å². The summed E-state index contributed by atoms with van der Waals surface area (Å²) < 4.78 is 0. The van der Waals surface area contributed by atoms with Gasteiger partial charge in [-0.3, -0.25) is 4.79 Å². The fourth-order valence-electron chi connectivity index (χ4n) is 2.63. The Labute approximate surface area is 117 Å². The molecule has 0 bridgehead atoms. The van der Waals surface area contributed by atoms with Gasteiger partial charge in [0.05, 0.1) is 12.4 Å². The van der Waals surface area contributed by atoms with Crippen LogP contribution in [-0.4, -0.2) is 33.5 Å². The molecule has 6 nitrogen and oxygen atoms in total. The summed E-state index contributed by atoms with van der Waals surface area (Å²) in [5.41, 5.74) is -0.0125. The molecule has 0 radical (unpaired) electrons. The normalized spacial score (nSPS) is 22.2. The Morgan fingerprint density at radius 3 is 2.60 bits per heavy atom. The highest BCUT2D eigenvalue weighted by Gasteiger charge is 2.20. The van der Waals surface area contributed by atoms with E-state index in [0.717, 1.165) is 25.0 Å². The number of nitrogens with zero attached hydrogens (tertiary/aromatic N) is 2. The van der Waals surface area contributed by atoms with Crippen molar-refractivity contribution in [3.05, 3.63) is 23.8 Å². The fourth-order valence-corrected chi connectivity index (χ4v) is 2.63. The van der Waals surface area contributed by atoms with Crippen molar-refractivity contribution in [3.8, 4) is 0 Å². The lowest BCUT2D eigenvalue weighted by Gasteiger charge is -2.26. The van der Waals surface area contributed by atoms with E-state index in [4.69, 9.17) is 5.11 Å². The first kappa shape index (κ1) is 14.4. The van der Waals surface area contributed by atoms with E-state index >= 15 is 0 Å². The number of rotatable bonds is 4. The van der Waals surface area contributed by atoms with Gasteiger partial charge in [-0.2, -0.15) is 0 Å². The largest absolute Gasteiger partial charge is 0.476 e. The van der Waals surface area contributed by atoms with E-state index in [9.17, 15) is 9.59 Å². The van der Waals surface area contributed by atoms with Gasteiger partial charge in [0.15, 0.2) is 5.69 Å². The number of carbonyl (C=O) groups excluding carboxylic acids is 1. The number of carboxylic acid groups (broad SMARTS) is 1. The van der Waals surface area contributed by atoms with Gasteiger partial charge in [-0.15, -0.1) is 0 Å². The van der Waals surface area contributed by atoms with E-state index in [-0.39, 0.29) is 17.3 Å². The first-order valence-corrected chi connectivity index (χ1v) is 6.89. The van der Waals surface area contributed by atoms with Crippen LogP contribution in [0.2, 0.25) is 0 Å². The average Bonchev–Trinajstić information content (AvgIpc) is 2.45. The number of hydrogen-bond acceptors (Lipinski definition) is 4. The number of aromatic carboxylic acids is 1. The smallest absolute Gasteiger partial charge is 0.356 e. The van der Waals surface area contributed by atoms with E-state index in [0.29, 0.717) is 12.5 Å². The summed E-state index contributed by atoms with van der Waals surface area (Å²) in [6.07, 6.45) is 7.07. The maximum Gasteiger partial charge on any atom is 0.356 e. The number of carbonyl (C=O) groups is 2. The van der Waals surface area contributed by atoms with Crippen molar-refractivity contribution in [1.82, 2.24) is 15.3 Å². The average molecular weight is 277 g/mol. The topological polar surface area (TPSA) is 92.2 Å². The zero-order valence-corrected chi connectivity index (χ0v) is 11.5. The Morgan fingerprint density at radius 1 is 1.30 bits per heavy atom. The lowest BCUT2D eigenvalue weighted by atomic mass is 9.82. The summed E-state index contributed by atoms with van der Waals surface area (Å²) in [6, 6.07) is 0. The molecule has 2 unspecified atom stereocenters. The maximum absolute atomic E-state index is 11.9. The fraction of sp³-hybridized carbons (Fsp3) is 0.571. The molecule has 20 heavy (non-hydrogen) atoms. The molecular formula is C14H19N3O3. The van der Waals surface area contributed by atoms with Gasteiger partial charge in [-0.05, 0) is 24.7 Å². The molecule has 1 aromatic heterocycles. The van der Waals surface area contributed by atoms with E-state index in [1.54, 1.807) is 0 Å². The van der Waals surface area contributed by atoms with E-state index < -0.39 is 5.97 Å². The quantitative estimate of drug-likeness (QED) is 0.874. The van der Waals surface area contributed by atoms with Crippen LogP contribution in [0.25, 0.3) is 0 Å². The summed E-state index contributed by atoms with van der Waals surface area (Å²) in [5.74, 6) is -0.206. The summed E-state index contributed by atoms with van der Waals surface area (Å²) in [4.78, 5) is 30.0. The molecule has 0 aromatic carbocycles. The van der Waals surface area contributed by atoms with Gasteiger partial charge in [0, 0.05) is 6.54 Å². The van der Waals surface area contributed by atoms with Crippen molar-refractivity contribution in [2.75, 3.05) is 6.54 Å². The van der Waals surface area contributed by atoms with Gasteiger partial charge in [-0.25, -0.2) is 14.8 Å². The minimum absolute atomic E-state index is 0.152. The molecule has 2 rings (SSSR count). The molecule has 6 heteroatoms. The third-order valence-corrected chi connectivity index (χ3v) is 3.70. The molecule has 1 fully saturated rings. The molecule has 0 saturated heterocycles. The molecule has 2 N–H and O–H groups in total. The van der Waals surface area contributed by atoms with E-state index in [1.165, 1.54) is 19.0 Å². The highest BCUT2D eigenvalue weighted by Crippen LogP contribution is 2.27. The van der Waals surface area contributed by atoms with Crippen molar-refractivity contribution in [3.63, 3.8) is 0 Å². The molecule has 1 aromatic rings. The van der Waals surface area contributed by atoms with Gasteiger partial charge in [0.1, 0.15) is 5.69 Å². The molecule has 0 spiro atoms. The molecule has 1 saturated carbocycles. The molecule has 1 amide bonds. The Balaban J connectivity index is 1.86. The molecule has 1 aliphatic carbocycles. The Hall–Kier alpha value is -1.98. The van der Waals surface area contributed by atoms with Crippen molar-refractivity contribution in [2.24, 2.45) is 11.8 Å². The minimum atomic E-state index is -1.15. The maximum atomic E-state index is 11.9. The predicted molar refractivity (Wildman–Crippen MR) is 72.4 cm³/mol. The number of aromatic nitrogens is 2. The zero-order chi connectivity index (χ0) is 14.5. The molecule has 2 atom stereocenters. The molecular weight excluding hydrogens is 258 g/mol. The monoisotopic (exact) mass is 277 g/mol. The number of nitrogens with one attached hydrogen (secondary N) is 1. The highest BCUT2D eigenvalue weighted by atomic mass is 16.4. The Morgan fingerprint density at radius 2 is 2.00 bits per heavy atom. The number of carboxylic acids is 1. The first-order chi connectivity index (χ1) is 9.56. The summed E-state index contributed by atoms with van der Waals surface area (Å²) in [6.45, 7) is 2.88. The van der Waals surface area contributed by atoms with Gasteiger partial charge < -0.3 is 10.4 Å². The van der Waals surface area contributed by atoms with Crippen LogP contribution in [-0.2, 0) is 0 Å². The first-order valence-electron chi connectivity index (χ1n) is 6.89. The van der Waals surface area contributed by atoms with Crippen molar-refractivity contribution >= 4 is 11.9 Å². The number of hydrogen-bond donors (Lipinski definition) is 2. The van der Waals surface area contributed by atoms with Gasteiger partial charge >= 0.3 is 5.97 Å². The van der Waals surface area contributed by atoms with Crippen LogP contribution in [0.4, 0.5) is 0 Å². The van der Waals surface area contributed by atoms with Crippen molar-refractivity contribution < 1.29 is 14.7 Å². The van der Waals surface area contributed by atoms with Crippen LogP contribution in [0, 0.1) is 11.8 Å². The van der Waals surface area contributed by atoms with Gasteiger partial charge in [0.25, 0.3) is 5.91 Å². The second-order valence-electron chi connectivity index (χ2n) is 5.44. The van der Waals surface area contributed by atoms with Gasteiger partial charge in [-0.1, -0.05) is 19.8 Å². The summed E-state index contributed by atoms with van der Waals surface area (Å²) in [5, 5.41) is 11.6. The summed E-state index contributed by atoms with van der Waals surface area (Å²) >= 11 is 0. The molecule has 0 aliphatic heterocycles. The van der Waals surface area contributed by atoms with Crippen LogP contribution < -0.4 is 5.32 Å². The lowest BCUT2D eigenvalue weighted by molar-refractivity contribution is 0.0689. The van der Waals surface area contributed by atoms with Crippen LogP contribution in [0.1, 0.15) is 53.6 Å². The Bertz CT molecular complexity index is 487. The van der Waals surface area contributed by atoms with Crippen LogP contribution >= 0.6 is 0 Å². The van der Waals surface area contributed by atoms with Crippen LogP contribution in [0.5, 0.6) is 0 Å². The SMILES string of the molecule is CC1CCCC(CNC(=O)c2cnc(C(=O)O)cn2)C1. The van der Waals surface area contributed by atoms with E-state index in [1.807, 2.05) is 0 Å². The molecule has 1 heterocycles. The van der Waals surface area contributed by atoms with Crippen molar-refractivity contribution in [2.45, 2.75) is 32.6 Å². The van der Waals surface area contributed by atoms with Crippen molar-refractivity contribution in [1.29, 1.82) is 0 Å². The third-order valence-electron chi connectivity index (χ3n) is 3.70. The highest BCUT2D eigenvalue weighted by molar-refractivity contribution is 5.92. The molecule has 1 aliphatic rings. The second-order valence-corrected chi connectivity index (χ2v) is 5.44. The van der Waals surface area contributed by atoms with Gasteiger partial charge in [0.2, 0.25) is 0 Å². The zero-order valence-electron chi connectivity index (χ0n) is 11.5. The van der Waals surface area contributed by atoms with Crippen LogP contribution in [0.3, 0.4) is 0 Å². The number of amides is 1. The molecule has 108 valence electrons. The third kappa shape index (κ3) is 3.76. The standard InChI is InChI=1S/C14H19N3O3/c1-9-3-2-4-10(5-9)6-17-13(18)11-7-16-12(8-15-11)14(19)20/h7-10H,2-6H2,1H3,(H,17,18)(H,19,20). The predicted octanol–water partition coefficient (Wildman–Crippen LogP) is 1.73. The Kier molecular flexibility index (Phi) is 4.65. The van der Waals surface area contributed by atoms with Crippen LogP contribution in [0.15, 0.2) is 12.4 Å².